The molecule has 0 unspecified atom stereocenters. The molecular weight excluding hydrogens is 198 g/mol. The summed E-state index contributed by atoms with van der Waals surface area (Å²) in [5.41, 5.74) is 2.12. The van der Waals surface area contributed by atoms with Gasteiger partial charge in [-0.15, -0.1) is 0 Å². The zero-order chi connectivity index (χ0) is 9.38. The van der Waals surface area contributed by atoms with E-state index in [1.54, 1.807) is 0 Å². The highest BCUT2D eigenvalue weighted by molar-refractivity contribution is 5.92. The van der Waals surface area contributed by atoms with Crippen LogP contribution in [0, 0.1) is 0 Å². The normalized spacial score (nSPS) is 9.50. The SMILES string of the molecule is N.N.c1ccc2nc3ccccc3cc2c1. The third kappa shape index (κ3) is 1.86. The number of nitrogens with zero attached hydrogens (tertiary/aromatic N) is 1. The first-order valence-corrected chi connectivity index (χ1v) is 4.68. The summed E-state index contributed by atoms with van der Waals surface area (Å²) in [7, 11) is 0. The summed E-state index contributed by atoms with van der Waals surface area (Å²) in [5, 5.41) is 2.40. The summed E-state index contributed by atoms with van der Waals surface area (Å²) in [6.45, 7) is 0. The molecule has 0 spiro atoms. The smallest absolute Gasteiger partial charge is 0.0709 e. The van der Waals surface area contributed by atoms with Crippen molar-refractivity contribution in [1.82, 2.24) is 17.3 Å². The summed E-state index contributed by atoms with van der Waals surface area (Å²) in [6.07, 6.45) is 0. The van der Waals surface area contributed by atoms with Crippen LogP contribution in [0.1, 0.15) is 0 Å². The van der Waals surface area contributed by atoms with E-state index in [-0.39, 0.29) is 12.3 Å². The Morgan fingerprint density at radius 1 is 0.625 bits per heavy atom. The van der Waals surface area contributed by atoms with E-state index in [0.29, 0.717) is 0 Å². The molecule has 0 saturated carbocycles. The van der Waals surface area contributed by atoms with Crippen molar-refractivity contribution in [2.75, 3.05) is 0 Å². The fourth-order valence-electron chi connectivity index (χ4n) is 1.72. The van der Waals surface area contributed by atoms with E-state index >= 15 is 0 Å². The summed E-state index contributed by atoms with van der Waals surface area (Å²) >= 11 is 0. The van der Waals surface area contributed by atoms with Gasteiger partial charge in [-0.25, -0.2) is 4.98 Å². The third-order valence-electron chi connectivity index (χ3n) is 2.43. The highest BCUT2D eigenvalue weighted by Gasteiger charge is 1.96. The quantitative estimate of drug-likeness (QED) is 0.558. The maximum Gasteiger partial charge on any atom is 0.0709 e. The Bertz CT molecular complexity index is 500. The fourth-order valence-corrected chi connectivity index (χ4v) is 1.72. The van der Waals surface area contributed by atoms with E-state index in [9.17, 15) is 0 Å². The molecule has 0 saturated heterocycles. The minimum absolute atomic E-state index is 0. The van der Waals surface area contributed by atoms with E-state index < -0.39 is 0 Å². The van der Waals surface area contributed by atoms with Gasteiger partial charge in [-0.1, -0.05) is 36.4 Å². The highest BCUT2D eigenvalue weighted by atomic mass is 14.7. The molecule has 0 bridgehead atoms. The van der Waals surface area contributed by atoms with Gasteiger partial charge in [0.25, 0.3) is 0 Å². The first kappa shape index (κ1) is 12.1. The summed E-state index contributed by atoms with van der Waals surface area (Å²) in [4.78, 5) is 4.58. The molecule has 0 radical (unpaired) electrons. The zero-order valence-electron chi connectivity index (χ0n) is 9.06. The van der Waals surface area contributed by atoms with Crippen LogP contribution in [-0.2, 0) is 0 Å². The molecule has 1 heterocycles. The van der Waals surface area contributed by atoms with Crippen molar-refractivity contribution in [3.63, 3.8) is 0 Å². The number of rotatable bonds is 0. The number of para-hydroxylation sites is 2. The Labute approximate surface area is 94.3 Å². The predicted octanol–water partition coefficient (Wildman–Crippen LogP) is 3.71. The Morgan fingerprint density at radius 3 is 1.56 bits per heavy atom. The van der Waals surface area contributed by atoms with Crippen molar-refractivity contribution in [3.05, 3.63) is 54.6 Å². The lowest BCUT2D eigenvalue weighted by atomic mass is 10.1. The van der Waals surface area contributed by atoms with Crippen molar-refractivity contribution in [3.8, 4) is 0 Å². The lowest BCUT2D eigenvalue weighted by molar-refractivity contribution is 1.50. The van der Waals surface area contributed by atoms with E-state index in [1.807, 2.05) is 36.4 Å². The Morgan fingerprint density at radius 2 is 1.06 bits per heavy atom. The van der Waals surface area contributed by atoms with Crippen LogP contribution in [0.2, 0.25) is 0 Å². The number of hydrogen-bond donors (Lipinski definition) is 2. The highest BCUT2D eigenvalue weighted by Crippen LogP contribution is 2.18. The standard InChI is InChI=1S/C13H9N.2H3N/c1-3-7-12-10(5-1)9-11-6-2-4-8-13(11)14-12;;/h1-9H;2*1H3. The number of hydrogen-bond acceptors (Lipinski definition) is 3. The topological polar surface area (TPSA) is 82.9 Å². The van der Waals surface area contributed by atoms with Gasteiger partial charge in [-0.05, 0) is 18.2 Å². The van der Waals surface area contributed by atoms with Gasteiger partial charge >= 0.3 is 0 Å². The van der Waals surface area contributed by atoms with E-state index in [4.69, 9.17) is 0 Å². The Kier molecular flexibility index (Phi) is 3.55. The molecule has 0 amide bonds. The van der Waals surface area contributed by atoms with Crippen LogP contribution in [0.4, 0.5) is 0 Å². The van der Waals surface area contributed by atoms with Gasteiger partial charge in [0.05, 0.1) is 11.0 Å². The largest absolute Gasteiger partial charge is 0.344 e. The maximum absolute atomic E-state index is 4.58. The number of fused-ring (bicyclic) bond motifs is 2. The van der Waals surface area contributed by atoms with Crippen LogP contribution < -0.4 is 12.3 Å². The fraction of sp³-hybridized carbons (Fsp3) is 0. The Balaban J connectivity index is 0.000000640. The molecule has 16 heavy (non-hydrogen) atoms. The average Bonchev–Trinajstić information content (AvgIpc) is 2.26. The first-order chi connectivity index (χ1) is 6.93. The van der Waals surface area contributed by atoms with Crippen LogP contribution in [-0.4, -0.2) is 4.98 Å². The van der Waals surface area contributed by atoms with Gasteiger partial charge in [0.2, 0.25) is 0 Å². The van der Waals surface area contributed by atoms with Crippen molar-refractivity contribution in [1.29, 1.82) is 0 Å². The zero-order valence-corrected chi connectivity index (χ0v) is 9.06. The summed E-state index contributed by atoms with van der Waals surface area (Å²) in [5.74, 6) is 0. The van der Waals surface area contributed by atoms with E-state index in [1.165, 1.54) is 10.8 Å². The summed E-state index contributed by atoms with van der Waals surface area (Å²) < 4.78 is 0. The number of aromatic nitrogens is 1. The Hall–Kier alpha value is -1.97. The minimum atomic E-state index is 0. The molecule has 3 nitrogen and oxygen atoms in total. The first-order valence-electron chi connectivity index (χ1n) is 4.68. The van der Waals surface area contributed by atoms with Crippen molar-refractivity contribution in [2.24, 2.45) is 0 Å². The molecule has 6 N–H and O–H groups in total. The molecule has 3 heteroatoms. The van der Waals surface area contributed by atoms with Crippen LogP contribution in [0.3, 0.4) is 0 Å². The monoisotopic (exact) mass is 213 g/mol. The average molecular weight is 213 g/mol. The number of benzene rings is 2. The second-order valence-electron chi connectivity index (χ2n) is 3.37. The van der Waals surface area contributed by atoms with Crippen molar-refractivity contribution < 1.29 is 0 Å². The van der Waals surface area contributed by atoms with E-state index in [2.05, 4.69) is 23.2 Å². The predicted molar refractivity (Wildman–Crippen MR) is 69.3 cm³/mol. The molecule has 1 aromatic heterocycles. The third-order valence-corrected chi connectivity index (χ3v) is 2.43. The van der Waals surface area contributed by atoms with Gasteiger partial charge in [-0.2, -0.15) is 0 Å². The second-order valence-corrected chi connectivity index (χ2v) is 3.37. The van der Waals surface area contributed by atoms with Crippen LogP contribution in [0.5, 0.6) is 0 Å². The van der Waals surface area contributed by atoms with Gasteiger partial charge in [-0.3, -0.25) is 0 Å². The van der Waals surface area contributed by atoms with Crippen molar-refractivity contribution >= 4 is 21.8 Å². The van der Waals surface area contributed by atoms with Crippen LogP contribution in [0.15, 0.2) is 54.6 Å². The molecule has 2 aromatic carbocycles. The molecule has 0 fully saturated rings. The summed E-state index contributed by atoms with van der Waals surface area (Å²) in [6, 6.07) is 18.6. The van der Waals surface area contributed by atoms with Crippen LogP contribution >= 0.6 is 0 Å². The molecule has 0 aliphatic carbocycles. The van der Waals surface area contributed by atoms with Gasteiger partial charge < -0.3 is 12.3 Å². The van der Waals surface area contributed by atoms with Crippen LogP contribution in [0.25, 0.3) is 21.8 Å². The molecule has 0 atom stereocenters. The lowest BCUT2D eigenvalue weighted by Crippen LogP contribution is -1.80. The molecule has 0 aliphatic heterocycles. The number of pyridine rings is 1. The molecule has 3 rings (SSSR count). The van der Waals surface area contributed by atoms with Gasteiger partial charge in [0.15, 0.2) is 0 Å². The maximum atomic E-state index is 4.58. The van der Waals surface area contributed by atoms with Gasteiger partial charge in [0.1, 0.15) is 0 Å². The molecule has 0 aliphatic rings. The van der Waals surface area contributed by atoms with E-state index in [0.717, 1.165) is 11.0 Å². The lowest BCUT2D eigenvalue weighted by Gasteiger charge is -1.99. The molecule has 3 aromatic rings. The van der Waals surface area contributed by atoms with Gasteiger partial charge in [0, 0.05) is 10.8 Å². The minimum Gasteiger partial charge on any atom is -0.344 e. The van der Waals surface area contributed by atoms with Crippen molar-refractivity contribution in [2.45, 2.75) is 0 Å². The molecular formula is C13H15N3. The molecule has 82 valence electrons. The second kappa shape index (κ2) is 4.70.